The molecule has 1 aliphatic heterocycles. The number of carbonyl (C=O) groups excluding carboxylic acids is 2. The second-order valence-corrected chi connectivity index (χ2v) is 5.83. The van der Waals surface area contributed by atoms with Crippen molar-refractivity contribution in [2.45, 2.75) is 19.8 Å². The van der Waals surface area contributed by atoms with Gasteiger partial charge < -0.3 is 18.8 Å². The first-order valence-electron chi connectivity index (χ1n) is 8.53. The van der Waals surface area contributed by atoms with E-state index in [1.807, 2.05) is 0 Å². The molecule has 1 aliphatic rings. The fourth-order valence-electron chi connectivity index (χ4n) is 2.80. The number of benzene rings is 1. The maximum Gasteiger partial charge on any atom is 0.355 e. The normalized spacial score (nSPS) is 13.8. The monoisotopic (exact) mass is 368 g/mol. The van der Waals surface area contributed by atoms with E-state index in [9.17, 15) is 9.59 Å². The fraction of sp³-hybridized carbons (Fsp3) is 0.250. The van der Waals surface area contributed by atoms with Crippen LogP contribution in [0, 0.1) is 0 Å². The molecule has 2 heterocycles. The van der Waals surface area contributed by atoms with Crippen LogP contribution in [0.15, 0.2) is 58.3 Å². The van der Waals surface area contributed by atoms with Crippen LogP contribution < -0.4 is 4.90 Å². The zero-order valence-electron chi connectivity index (χ0n) is 15.4. The minimum absolute atomic E-state index is 0.0611. The van der Waals surface area contributed by atoms with Gasteiger partial charge in [0, 0.05) is 18.3 Å². The molecule has 0 atom stereocenters. The van der Waals surface area contributed by atoms with Gasteiger partial charge in [-0.1, -0.05) is 13.0 Å². The number of nitrogens with zero attached hydrogens (tertiary/aromatic N) is 2. The lowest BCUT2D eigenvalue weighted by molar-refractivity contribution is -0.139. The SMILES string of the molecule is CCCc1nc2cc(N3C=CC=CC(C(=O)OC)=C3C(=O)OC)ccc2o1. The van der Waals surface area contributed by atoms with Gasteiger partial charge in [-0.3, -0.25) is 0 Å². The molecular weight excluding hydrogens is 348 g/mol. The Hall–Kier alpha value is -3.35. The molecule has 0 bridgehead atoms. The van der Waals surface area contributed by atoms with Gasteiger partial charge in [0.05, 0.1) is 19.8 Å². The topological polar surface area (TPSA) is 81.9 Å². The average Bonchev–Trinajstić information content (AvgIpc) is 2.95. The lowest BCUT2D eigenvalue weighted by atomic mass is 10.1. The van der Waals surface area contributed by atoms with E-state index in [-0.39, 0.29) is 11.3 Å². The predicted molar refractivity (Wildman–Crippen MR) is 99.8 cm³/mol. The van der Waals surface area contributed by atoms with Gasteiger partial charge in [0.1, 0.15) is 11.2 Å². The van der Waals surface area contributed by atoms with Gasteiger partial charge in [0.25, 0.3) is 0 Å². The number of anilines is 1. The summed E-state index contributed by atoms with van der Waals surface area (Å²) in [4.78, 5) is 30.7. The van der Waals surface area contributed by atoms with Crippen LogP contribution in [-0.2, 0) is 25.5 Å². The van der Waals surface area contributed by atoms with Crippen LogP contribution >= 0.6 is 0 Å². The van der Waals surface area contributed by atoms with E-state index in [4.69, 9.17) is 13.9 Å². The molecule has 27 heavy (non-hydrogen) atoms. The van der Waals surface area contributed by atoms with Crippen molar-refractivity contribution in [3.8, 4) is 0 Å². The van der Waals surface area contributed by atoms with Gasteiger partial charge in [-0.2, -0.15) is 0 Å². The Morgan fingerprint density at radius 2 is 1.93 bits per heavy atom. The molecule has 0 saturated carbocycles. The van der Waals surface area contributed by atoms with Gasteiger partial charge in [-0.05, 0) is 36.8 Å². The highest BCUT2D eigenvalue weighted by molar-refractivity contribution is 6.05. The molecule has 0 unspecified atom stereocenters. The van der Waals surface area contributed by atoms with Crippen molar-refractivity contribution < 1.29 is 23.5 Å². The summed E-state index contributed by atoms with van der Waals surface area (Å²) >= 11 is 0. The molecule has 0 radical (unpaired) electrons. The van der Waals surface area contributed by atoms with Crippen molar-refractivity contribution >= 4 is 28.7 Å². The molecule has 0 aliphatic carbocycles. The summed E-state index contributed by atoms with van der Waals surface area (Å²) in [5.41, 5.74) is 2.13. The number of allylic oxidation sites excluding steroid dienone is 2. The number of aryl methyl sites for hydroxylation is 1. The third-order valence-electron chi connectivity index (χ3n) is 4.05. The third kappa shape index (κ3) is 3.62. The summed E-state index contributed by atoms with van der Waals surface area (Å²) in [5.74, 6) is -0.622. The highest BCUT2D eigenvalue weighted by Gasteiger charge is 2.27. The van der Waals surface area contributed by atoms with E-state index < -0.39 is 11.9 Å². The number of ether oxygens (including phenoxy) is 2. The van der Waals surface area contributed by atoms with Gasteiger partial charge >= 0.3 is 11.9 Å². The summed E-state index contributed by atoms with van der Waals surface area (Å²) in [6, 6.07) is 5.37. The van der Waals surface area contributed by atoms with E-state index in [1.54, 1.807) is 41.5 Å². The Labute approximate surface area is 156 Å². The molecule has 3 rings (SSSR count). The molecule has 0 spiro atoms. The second-order valence-electron chi connectivity index (χ2n) is 5.83. The molecule has 0 amide bonds. The molecule has 0 saturated heterocycles. The van der Waals surface area contributed by atoms with E-state index in [2.05, 4.69) is 11.9 Å². The van der Waals surface area contributed by atoms with E-state index in [0.29, 0.717) is 22.7 Å². The van der Waals surface area contributed by atoms with E-state index >= 15 is 0 Å². The molecule has 1 aromatic heterocycles. The molecule has 7 heteroatoms. The zero-order valence-corrected chi connectivity index (χ0v) is 15.4. The number of carbonyl (C=O) groups is 2. The Bertz CT molecular complexity index is 968. The summed E-state index contributed by atoms with van der Waals surface area (Å²) in [6.45, 7) is 2.05. The van der Waals surface area contributed by atoms with Crippen molar-refractivity contribution in [3.63, 3.8) is 0 Å². The summed E-state index contributed by atoms with van der Waals surface area (Å²) in [6.07, 6.45) is 8.24. The summed E-state index contributed by atoms with van der Waals surface area (Å²) < 4.78 is 15.4. The Kier molecular flexibility index (Phi) is 5.40. The Balaban J connectivity index is 2.13. The maximum atomic E-state index is 12.5. The smallest absolute Gasteiger partial charge is 0.355 e. The van der Waals surface area contributed by atoms with E-state index in [0.717, 1.165) is 12.8 Å². The number of hydrogen-bond donors (Lipinski definition) is 0. The molecule has 0 N–H and O–H groups in total. The van der Waals surface area contributed by atoms with Crippen molar-refractivity contribution in [1.82, 2.24) is 4.98 Å². The summed E-state index contributed by atoms with van der Waals surface area (Å²) in [7, 11) is 2.52. The standard InChI is InChI=1S/C20H20N2O5/c1-4-7-17-21-15-12-13(9-10-16(15)27-17)22-11-6-5-8-14(19(23)25-2)18(22)20(24)26-3/h5-6,8-12H,4,7H2,1-3H3. The number of oxazole rings is 1. The van der Waals surface area contributed by atoms with Crippen LogP contribution in [0.5, 0.6) is 0 Å². The van der Waals surface area contributed by atoms with Crippen LogP contribution in [0.4, 0.5) is 5.69 Å². The third-order valence-corrected chi connectivity index (χ3v) is 4.05. The first-order chi connectivity index (χ1) is 13.1. The molecule has 140 valence electrons. The first-order valence-corrected chi connectivity index (χ1v) is 8.53. The van der Waals surface area contributed by atoms with Crippen molar-refractivity contribution in [2.75, 3.05) is 19.1 Å². The number of fused-ring (bicyclic) bond motifs is 1. The number of methoxy groups -OCH3 is 2. The largest absolute Gasteiger partial charge is 0.465 e. The minimum Gasteiger partial charge on any atom is -0.465 e. The molecule has 2 aromatic rings. The van der Waals surface area contributed by atoms with Crippen LogP contribution in [0.25, 0.3) is 11.1 Å². The second kappa shape index (κ2) is 7.90. The number of aromatic nitrogens is 1. The van der Waals surface area contributed by atoms with Crippen LogP contribution in [0.1, 0.15) is 19.2 Å². The molecular formula is C20H20N2O5. The Morgan fingerprint density at radius 1 is 1.15 bits per heavy atom. The van der Waals surface area contributed by atoms with Crippen LogP contribution in [0.3, 0.4) is 0 Å². The van der Waals surface area contributed by atoms with Gasteiger partial charge in [0.15, 0.2) is 11.5 Å². The molecule has 1 aromatic carbocycles. The minimum atomic E-state index is -0.654. The number of hydrogen-bond acceptors (Lipinski definition) is 7. The molecule has 0 fully saturated rings. The Morgan fingerprint density at radius 3 is 2.63 bits per heavy atom. The molecule has 7 nitrogen and oxygen atoms in total. The van der Waals surface area contributed by atoms with Crippen molar-refractivity contribution in [2.24, 2.45) is 0 Å². The lowest BCUT2D eigenvalue weighted by Gasteiger charge is -2.22. The van der Waals surface area contributed by atoms with Gasteiger partial charge in [-0.15, -0.1) is 0 Å². The van der Waals surface area contributed by atoms with E-state index in [1.165, 1.54) is 20.3 Å². The van der Waals surface area contributed by atoms with Crippen molar-refractivity contribution in [3.05, 3.63) is 59.8 Å². The highest BCUT2D eigenvalue weighted by atomic mass is 16.5. The number of esters is 2. The summed E-state index contributed by atoms with van der Waals surface area (Å²) in [5, 5.41) is 0. The number of rotatable bonds is 5. The van der Waals surface area contributed by atoms with Gasteiger partial charge in [0.2, 0.25) is 0 Å². The zero-order chi connectivity index (χ0) is 19.4. The van der Waals surface area contributed by atoms with Gasteiger partial charge in [-0.25, -0.2) is 14.6 Å². The van der Waals surface area contributed by atoms with Crippen molar-refractivity contribution in [1.29, 1.82) is 0 Å². The quantitative estimate of drug-likeness (QED) is 0.749. The maximum absolute atomic E-state index is 12.5. The average molecular weight is 368 g/mol. The van der Waals surface area contributed by atoms with Crippen LogP contribution in [-0.4, -0.2) is 31.1 Å². The lowest BCUT2D eigenvalue weighted by Crippen LogP contribution is -2.26. The first kappa shape index (κ1) is 18.4. The highest BCUT2D eigenvalue weighted by Crippen LogP contribution is 2.29. The predicted octanol–water partition coefficient (Wildman–Crippen LogP) is 3.27. The van der Waals surface area contributed by atoms with Crippen LogP contribution in [0.2, 0.25) is 0 Å². The fourth-order valence-corrected chi connectivity index (χ4v) is 2.80.